The zero-order valence-electron chi connectivity index (χ0n) is 11.1. The van der Waals surface area contributed by atoms with E-state index in [1.807, 2.05) is 13.0 Å². The summed E-state index contributed by atoms with van der Waals surface area (Å²) in [6.45, 7) is 6.31. The zero-order chi connectivity index (χ0) is 12.9. The molecule has 2 nitrogen and oxygen atoms in total. The van der Waals surface area contributed by atoms with Crippen LogP contribution in [0.5, 0.6) is 0 Å². The molecule has 0 N–H and O–H groups in total. The second-order valence-corrected chi connectivity index (χ2v) is 5.74. The molecular weight excluding hydrogens is 212 g/mol. The minimum absolute atomic E-state index is 0.204. The van der Waals surface area contributed by atoms with E-state index in [2.05, 4.69) is 13.8 Å². The number of hydrogen-bond acceptors (Lipinski definition) is 2. The maximum atomic E-state index is 11.0. The van der Waals surface area contributed by atoms with Gasteiger partial charge in [0.1, 0.15) is 0 Å². The van der Waals surface area contributed by atoms with Gasteiger partial charge in [0.2, 0.25) is 0 Å². The molecule has 0 unspecified atom stereocenters. The first-order valence-corrected chi connectivity index (χ1v) is 6.28. The van der Waals surface area contributed by atoms with Gasteiger partial charge in [-0.1, -0.05) is 25.5 Å². The van der Waals surface area contributed by atoms with Crippen LogP contribution in [-0.4, -0.2) is 11.6 Å². The van der Waals surface area contributed by atoms with Crippen molar-refractivity contribution in [2.45, 2.75) is 52.9 Å². The Morgan fingerprint density at radius 3 is 2.18 bits per heavy atom. The highest BCUT2D eigenvalue weighted by Crippen LogP contribution is 2.32. The molecule has 0 amide bonds. The lowest BCUT2D eigenvalue weighted by Crippen LogP contribution is -2.20. The number of rotatable bonds is 0. The average Bonchev–Trinajstić information content (AvgIpc) is 2.15. The molecule has 0 radical (unpaired) electrons. The van der Waals surface area contributed by atoms with Gasteiger partial charge in [-0.2, -0.15) is 0 Å². The summed E-state index contributed by atoms with van der Waals surface area (Å²) in [5.74, 6) is 0.569. The van der Waals surface area contributed by atoms with Crippen LogP contribution in [-0.2, 0) is 9.59 Å². The summed E-state index contributed by atoms with van der Waals surface area (Å²) in [6, 6.07) is 0. The van der Waals surface area contributed by atoms with Crippen molar-refractivity contribution in [1.29, 1.82) is 0 Å². The molecule has 2 rings (SSSR count). The van der Waals surface area contributed by atoms with E-state index in [4.69, 9.17) is 0 Å². The Labute approximate surface area is 104 Å². The standard InChI is InChI=1S/C9H14O.C6H8O/c1-7-4-8(10)6-9(2,3)5-7;7-6-4-2-1-3-5-6/h4H,5-6H2,1-3H3;2,4H,1,3,5H2. The van der Waals surface area contributed by atoms with Crippen molar-refractivity contribution in [2.24, 2.45) is 5.41 Å². The monoisotopic (exact) mass is 234 g/mol. The van der Waals surface area contributed by atoms with E-state index in [0.29, 0.717) is 6.42 Å². The van der Waals surface area contributed by atoms with E-state index >= 15 is 0 Å². The lowest BCUT2D eigenvalue weighted by Gasteiger charge is -2.27. The highest BCUT2D eigenvalue weighted by Gasteiger charge is 2.25. The molecule has 2 heteroatoms. The molecule has 0 aromatic heterocycles. The Balaban J connectivity index is 0.000000181. The second kappa shape index (κ2) is 5.95. The van der Waals surface area contributed by atoms with Crippen LogP contribution < -0.4 is 0 Å². The molecule has 0 fully saturated rings. The predicted octanol–water partition coefficient (Wildman–Crippen LogP) is 3.62. The third-order valence-electron chi connectivity index (χ3n) is 2.92. The van der Waals surface area contributed by atoms with Gasteiger partial charge >= 0.3 is 0 Å². The fourth-order valence-corrected chi connectivity index (χ4v) is 2.36. The van der Waals surface area contributed by atoms with Crippen molar-refractivity contribution in [1.82, 2.24) is 0 Å². The SMILES string of the molecule is CC1=CC(=O)CC(C)(C)C1.O=C1C=CCCC1. The molecule has 2 aliphatic carbocycles. The van der Waals surface area contributed by atoms with Crippen LogP contribution in [0.1, 0.15) is 52.9 Å². The summed E-state index contributed by atoms with van der Waals surface area (Å²) < 4.78 is 0. The lowest BCUT2D eigenvalue weighted by molar-refractivity contribution is -0.117. The first kappa shape index (κ1) is 13.9. The summed E-state index contributed by atoms with van der Waals surface area (Å²) in [5, 5.41) is 0. The molecule has 0 bridgehead atoms. The van der Waals surface area contributed by atoms with Gasteiger partial charge in [-0.25, -0.2) is 0 Å². The van der Waals surface area contributed by atoms with Gasteiger partial charge in [-0.05, 0) is 43.8 Å². The molecule has 0 heterocycles. The minimum atomic E-state index is 0.204. The molecule has 0 aliphatic heterocycles. The molecule has 17 heavy (non-hydrogen) atoms. The Kier molecular flexibility index (Phi) is 4.86. The third-order valence-corrected chi connectivity index (χ3v) is 2.92. The molecule has 0 spiro atoms. The number of carbonyl (C=O) groups is 2. The van der Waals surface area contributed by atoms with E-state index in [0.717, 1.165) is 25.7 Å². The van der Waals surface area contributed by atoms with Gasteiger partial charge in [-0.3, -0.25) is 9.59 Å². The number of hydrogen-bond donors (Lipinski definition) is 0. The fraction of sp³-hybridized carbons (Fsp3) is 0.600. The fourth-order valence-electron chi connectivity index (χ4n) is 2.36. The number of allylic oxidation sites excluding steroid dienone is 4. The van der Waals surface area contributed by atoms with E-state index in [1.54, 1.807) is 12.2 Å². The Morgan fingerprint density at radius 1 is 1.12 bits per heavy atom. The van der Waals surface area contributed by atoms with Crippen LogP contribution in [0.4, 0.5) is 0 Å². The normalized spacial score (nSPS) is 22.6. The predicted molar refractivity (Wildman–Crippen MR) is 69.8 cm³/mol. The van der Waals surface area contributed by atoms with Crippen molar-refractivity contribution in [2.75, 3.05) is 0 Å². The molecule has 0 atom stereocenters. The number of ketones is 2. The molecule has 94 valence electrons. The van der Waals surface area contributed by atoms with Gasteiger partial charge in [0.05, 0.1) is 0 Å². The smallest absolute Gasteiger partial charge is 0.156 e. The minimum Gasteiger partial charge on any atom is -0.295 e. The second-order valence-electron chi connectivity index (χ2n) is 5.74. The number of carbonyl (C=O) groups excluding carboxylic acids is 2. The Morgan fingerprint density at radius 2 is 1.82 bits per heavy atom. The van der Waals surface area contributed by atoms with Crippen molar-refractivity contribution < 1.29 is 9.59 Å². The van der Waals surface area contributed by atoms with Crippen molar-refractivity contribution in [3.05, 3.63) is 23.8 Å². The molecule has 0 saturated heterocycles. The van der Waals surface area contributed by atoms with Crippen molar-refractivity contribution >= 4 is 11.6 Å². The van der Waals surface area contributed by atoms with Gasteiger partial charge < -0.3 is 0 Å². The van der Waals surface area contributed by atoms with Gasteiger partial charge in [0.25, 0.3) is 0 Å². The van der Waals surface area contributed by atoms with Crippen LogP contribution in [0, 0.1) is 5.41 Å². The largest absolute Gasteiger partial charge is 0.295 e. The maximum Gasteiger partial charge on any atom is 0.156 e. The summed E-state index contributed by atoms with van der Waals surface area (Å²) in [5.41, 5.74) is 1.43. The van der Waals surface area contributed by atoms with Crippen LogP contribution in [0.15, 0.2) is 23.8 Å². The van der Waals surface area contributed by atoms with E-state index in [9.17, 15) is 9.59 Å². The quantitative estimate of drug-likeness (QED) is 0.641. The first-order valence-electron chi connectivity index (χ1n) is 6.28. The van der Waals surface area contributed by atoms with Crippen molar-refractivity contribution in [3.8, 4) is 0 Å². The molecule has 0 aromatic carbocycles. The summed E-state index contributed by atoms with van der Waals surface area (Å²) in [6.07, 6.45) is 10.1. The average molecular weight is 234 g/mol. The Hall–Kier alpha value is -1.18. The summed E-state index contributed by atoms with van der Waals surface area (Å²) in [7, 11) is 0. The van der Waals surface area contributed by atoms with Gasteiger partial charge in [-0.15, -0.1) is 0 Å². The summed E-state index contributed by atoms with van der Waals surface area (Å²) >= 11 is 0. The molecule has 2 aliphatic rings. The topological polar surface area (TPSA) is 34.1 Å². The Bertz CT molecular complexity index is 359. The maximum absolute atomic E-state index is 11.0. The highest BCUT2D eigenvalue weighted by molar-refractivity contribution is 5.91. The van der Waals surface area contributed by atoms with Gasteiger partial charge in [0, 0.05) is 12.8 Å². The molecule has 0 aromatic rings. The van der Waals surface area contributed by atoms with Crippen molar-refractivity contribution in [3.63, 3.8) is 0 Å². The van der Waals surface area contributed by atoms with Crippen LogP contribution >= 0.6 is 0 Å². The first-order chi connectivity index (χ1) is 7.89. The van der Waals surface area contributed by atoms with Crippen LogP contribution in [0.25, 0.3) is 0 Å². The zero-order valence-corrected chi connectivity index (χ0v) is 11.1. The van der Waals surface area contributed by atoms with E-state index in [1.165, 1.54) is 5.57 Å². The van der Waals surface area contributed by atoms with Crippen LogP contribution in [0.3, 0.4) is 0 Å². The van der Waals surface area contributed by atoms with Crippen LogP contribution in [0.2, 0.25) is 0 Å². The van der Waals surface area contributed by atoms with E-state index < -0.39 is 0 Å². The summed E-state index contributed by atoms with van der Waals surface area (Å²) in [4.78, 5) is 21.4. The lowest BCUT2D eigenvalue weighted by atomic mass is 9.77. The third kappa shape index (κ3) is 5.62. The highest BCUT2D eigenvalue weighted by atomic mass is 16.1. The molecular formula is C15H22O2. The van der Waals surface area contributed by atoms with E-state index in [-0.39, 0.29) is 17.0 Å². The van der Waals surface area contributed by atoms with Gasteiger partial charge in [0.15, 0.2) is 11.6 Å². The molecule has 0 saturated carbocycles.